The summed E-state index contributed by atoms with van der Waals surface area (Å²) in [7, 11) is -3.61. The number of hydrogen-bond acceptors (Lipinski definition) is 2. The van der Waals surface area contributed by atoms with Gasteiger partial charge < -0.3 is 0 Å². The highest BCUT2D eigenvalue weighted by molar-refractivity contribution is 7.90. The van der Waals surface area contributed by atoms with Crippen LogP contribution in [0.5, 0.6) is 0 Å². The molecule has 1 aliphatic rings. The van der Waals surface area contributed by atoms with Crippen LogP contribution in [0, 0.1) is 12.8 Å². The van der Waals surface area contributed by atoms with Gasteiger partial charge >= 0.3 is 0 Å². The minimum atomic E-state index is -3.61. The molecule has 4 rings (SSSR count). The lowest BCUT2D eigenvalue weighted by atomic mass is 9.83. The quantitative estimate of drug-likeness (QED) is 0.377. The fourth-order valence-electron chi connectivity index (χ4n) is 4.77. The largest absolute Gasteiger partial charge is 0.268 e. The van der Waals surface area contributed by atoms with Crippen molar-refractivity contribution in [1.29, 1.82) is 0 Å². The summed E-state index contributed by atoms with van der Waals surface area (Å²) < 4.78 is 30.5. The Bertz CT molecular complexity index is 1200. The number of fused-ring (bicyclic) bond motifs is 3. The zero-order valence-corrected chi connectivity index (χ0v) is 19.7. The third-order valence-corrected chi connectivity index (χ3v) is 8.02. The second-order valence-corrected chi connectivity index (χ2v) is 10.6. The van der Waals surface area contributed by atoms with E-state index in [0.29, 0.717) is 10.8 Å². The average Bonchev–Trinajstić information content (AvgIpc) is 3.20. The molecule has 0 aliphatic heterocycles. The Hall–Kier alpha value is -2.40. The zero-order valence-electron chi connectivity index (χ0n) is 18.8. The lowest BCUT2D eigenvalue weighted by Crippen LogP contribution is -2.24. The molecular weight excluding hydrogens is 404 g/mol. The van der Waals surface area contributed by atoms with Gasteiger partial charge in [0, 0.05) is 30.3 Å². The molecule has 0 bridgehead atoms. The summed E-state index contributed by atoms with van der Waals surface area (Å²) >= 11 is 0. The summed E-state index contributed by atoms with van der Waals surface area (Å²) in [6.45, 7) is 8.63. The van der Waals surface area contributed by atoms with E-state index < -0.39 is 10.0 Å². The van der Waals surface area contributed by atoms with Crippen molar-refractivity contribution in [3.63, 3.8) is 0 Å². The van der Waals surface area contributed by atoms with E-state index in [1.54, 1.807) is 18.3 Å². The van der Waals surface area contributed by atoms with Gasteiger partial charge in [-0.15, -0.1) is 0 Å². The molecule has 1 atom stereocenters. The second kappa shape index (κ2) is 8.99. The van der Waals surface area contributed by atoms with Gasteiger partial charge in [-0.25, -0.2) is 17.0 Å². The smallest absolute Gasteiger partial charge is 0.241 e. The van der Waals surface area contributed by atoms with Crippen LogP contribution >= 0.6 is 0 Å². The summed E-state index contributed by atoms with van der Waals surface area (Å²) in [6, 6.07) is 13.2. The summed E-state index contributed by atoms with van der Waals surface area (Å²) in [5.41, 5.74) is 4.50. The normalized spacial score (nSPS) is 16.3. The van der Waals surface area contributed by atoms with Crippen molar-refractivity contribution in [3.05, 3.63) is 65.4 Å². The van der Waals surface area contributed by atoms with Crippen molar-refractivity contribution in [2.24, 2.45) is 5.92 Å². The number of aryl methyl sites for hydroxylation is 2. The topological polar surface area (TPSA) is 42.1 Å². The van der Waals surface area contributed by atoms with Gasteiger partial charge in [0.05, 0.1) is 10.4 Å². The van der Waals surface area contributed by atoms with Gasteiger partial charge in [0.1, 0.15) is 19.3 Å². The first-order valence-corrected chi connectivity index (χ1v) is 12.9. The molecule has 5 heteroatoms. The van der Waals surface area contributed by atoms with Gasteiger partial charge in [-0.3, -0.25) is 0 Å². The fraction of sp³-hybridized carbons (Fsp3) is 0.423. The zero-order chi connectivity index (χ0) is 22.0. The van der Waals surface area contributed by atoms with Gasteiger partial charge in [0.2, 0.25) is 0 Å². The lowest BCUT2D eigenvalue weighted by Gasteiger charge is -2.22. The van der Waals surface area contributed by atoms with E-state index in [4.69, 9.17) is 0 Å². The molecule has 1 aliphatic carbocycles. The average molecular weight is 438 g/mol. The van der Waals surface area contributed by atoms with Gasteiger partial charge in [0.15, 0.2) is 0 Å². The number of hydrogen-bond donors (Lipinski definition) is 0. The highest BCUT2D eigenvalue weighted by Crippen LogP contribution is 2.33. The Morgan fingerprint density at radius 2 is 1.74 bits per heavy atom. The van der Waals surface area contributed by atoms with Crippen LogP contribution in [0.1, 0.15) is 49.8 Å². The molecule has 0 saturated carbocycles. The monoisotopic (exact) mass is 437 g/mol. The van der Waals surface area contributed by atoms with Crippen LogP contribution in [0.15, 0.2) is 53.6 Å². The third kappa shape index (κ3) is 4.33. The molecule has 4 nitrogen and oxygen atoms in total. The maximum Gasteiger partial charge on any atom is 0.268 e. The number of aromatic nitrogens is 1. The predicted molar refractivity (Wildman–Crippen MR) is 128 cm³/mol. The van der Waals surface area contributed by atoms with Gasteiger partial charge in [-0.05, 0) is 61.6 Å². The highest BCUT2D eigenvalue weighted by atomic mass is 32.2. The molecule has 1 aromatic heterocycles. The molecule has 3 aromatic rings. The number of benzene rings is 2. The van der Waals surface area contributed by atoms with Crippen LogP contribution in [-0.2, 0) is 22.9 Å². The molecule has 0 amide bonds. The Morgan fingerprint density at radius 3 is 2.42 bits per heavy atom. The molecule has 0 spiro atoms. The van der Waals surface area contributed by atoms with Crippen LogP contribution in [0.2, 0.25) is 0 Å². The van der Waals surface area contributed by atoms with Crippen molar-refractivity contribution in [2.75, 3.05) is 13.1 Å². The Kier molecular flexibility index (Phi) is 6.33. The molecule has 0 radical (unpaired) electrons. The fourth-order valence-corrected chi connectivity index (χ4v) is 6.12. The summed E-state index contributed by atoms with van der Waals surface area (Å²) in [5, 5.41) is 1.07. The van der Waals surface area contributed by atoms with Crippen molar-refractivity contribution in [2.45, 2.75) is 57.8 Å². The van der Waals surface area contributed by atoms with Gasteiger partial charge in [0.25, 0.3) is 10.0 Å². The first-order valence-electron chi connectivity index (χ1n) is 11.5. The minimum absolute atomic E-state index is 0.328. The maximum atomic E-state index is 13.3. The second-order valence-electron chi connectivity index (χ2n) is 8.75. The van der Waals surface area contributed by atoms with E-state index in [1.807, 2.05) is 31.2 Å². The van der Waals surface area contributed by atoms with E-state index in [-0.39, 0.29) is 0 Å². The molecule has 0 saturated heterocycles. The molecule has 1 unspecified atom stereocenters. The summed E-state index contributed by atoms with van der Waals surface area (Å²) in [6.07, 6.45) is 9.65. The van der Waals surface area contributed by atoms with E-state index in [2.05, 4.69) is 30.7 Å². The lowest BCUT2D eigenvalue weighted by molar-refractivity contribution is -0.525. The maximum absolute atomic E-state index is 13.3. The van der Waals surface area contributed by atoms with E-state index in [0.717, 1.165) is 61.7 Å². The molecule has 164 valence electrons. The Balaban J connectivity index is 1.71. The van der Waals surface area contributed by atoms with Gasteiger partial charge in [-0.1, -0.05) is 37.6 Å². The number of rotatable bonds is 7. The number of nitrogens with zero attached hydrogens (tertiary/aromatic N) is 2. The molecule has 0 N–H and O–H groups in total. The van der Waals surface area contributed by atoms with E-state index >= 15 is 0 Å². The van der Waals surface area contributed by atoms with Crippen molar-refractivity contribution >= 4 is 27.1 Å². The first kappa shape index (κ1) is 21.8. The molecular formula is C26H33N2O2S+. The Labute approximate surface area is 186 Å². The summed E-state index contributed by atoms with van der Waals surface area (Å²) in [4.78, 5) is 0.328. The van der Waals surface area contributed by atoms with Crippen molar-refractivity contribution < 1.29 is 13.0 Å². The molecule has 31 heavy (non-hydrogen) atoms. The van der Waals surface area contributed by atoms with Crippen LogP contribution in [0.25, 0.3) is 10.9 Å². The first-order chi connectivity index (χ1) is 14.9. The third-order valence-electron chi connectivity index (χ3n) is 6.32. The molecule has 0 fully saturated rings. The Morgan fingerprint density at radius 1 is 1.03 bits per heavy atom. The standard InChI is InChI=1S/C26H33N2O2S/c1-4-15-27(16-5-2)19-21-8-9-22-10-13-26-24(25(22)18-21)14-17-28(26)31(29,30)23-11-6-20(3)7-12-23/h6-7,10-14,17,19,21H,4-5,8-9,15-16,18H2,1-3H3/q+1. The van der Waals surface area contributed by atoms with Crippen LogP contribution in [0.4, 0.5) is 0 Å². The van der Waals surface area contributed by atoms with Gasteiger partial charge in [-0.2, -0.15) is 0 Å². The van der Waals surface area contributed by atoms with Crippen LogP contribution in [-0.4, -0.2) is 36.3 Å². The van der Waals surface area contributed by atoms with Crippen molar-refractivity contribution in [3.8, 4) is 0 Å². The molecule has 2 aromatic carbocycles. The van der Waals surface area contributed by atoms with E-state index in [9.17, 15) is 8.42 Å². The summed E-state index contributed by atoms with van der Waals surface area (Å²) in [5.74, 6) is 0.508. The SMILES string of the molecule is CCC[N+](=CC1CCc2ccc3c(ccn3S(=O)(=O)c3ccc(C)cc3)c2C1)CCC. The predicted octanol–water partition coefficient (Wildman–Crippen LogP) is 5.19. The van der Waals surface area contributed by atoms with E-state index in [1.165, 1.54) is 15.1 Å². The van der Waals surface area contributed by atoms with Crippen LogP contribution < -0.4 is 0 Å². The highest BCUT2D eigenvalue weighted by Gasteiger charge is 2.25. The van der Waals surface area contributed by atoms with Crippen molar-refractivity contribution in [1.82, 2.24) is 3.97 Å². The molecule has 1 heterocycles. The van der Waals surface area contributed by atoms with Crippen LogP contribution in [0.3, 0.4) is 0 Å². The minimum Gasteiger partial charge on any atom is -0.241 e.